The quantitative estimate of drug-likeness (QED) is 0.521. The molecule has 4 heteroatoms. The molecule has 1 saturated heterocycles. The Morgan fingerprint density at radius 2 is 1.77 bits per heavy atom. The Hall–Kier alpha value is -2.82. The smallest absolute Gasteiger partial charge is 0.231 e. The van der Waals surface area contributed by atoms with Crippen LogP contribution >= 0.6 is 0 Å². The zero-order valence-corrected chi connectivity index (χ0v) is 17.1. The molecule has 0 saturated carbocycles. The Bertz CT molecular complexity index is 1300. The van der Waals surface area contributed by atoms with Gasteiger partial charge in [-0.05, 0) is 54.6 Å². The van der Waals surface area contributed by atoms with Gasteiger partial charge in [-0.3, -0.25) is 0 Å². The van der Waals surface area contributed by atoms with Crippen LogP contribution in [0.15, 0.2) is 78.8 Å². The highest BCUT2D eigenvalue weighted by Gasteiger charge is 2.25. The summed E-state index contributed by atoms with van der Waals surface area (Å²) in [5.41, 5.74) is 1.27. The molecule has 0 bridgehead atoms. The van der Waals surface area contributed by atoms with Gasteiger partial charge in [-0.1, -0.05) is 66.7 Å². The molecule has 2 aliphatic heterocycles. The third kappa shape index (κ3) is 4.92. The summed E-state index contributed by atoms with van der Waals surface area (Å²) < 4.78 is 83.9. The summed E-state index contributed by atoms with van der Waals surface area (Å²) in [6.45, 7) is -3.97. The average molecular weight is 424 g/mol. The van der Waals surface area contributed by atoms with Crippen LogP contribution in [0.4, 0.5) is 0 Å². The first-order chi connectivity index (χ1) is 18.4. The monoisotopic (exact) mass is 423 g/mol. The Labute approximate surface area is 195 Å². The summed E-state index contributed by atoms with van der Waals surface area (Å²) >= 11 is 0. The van der Waals surface area contributed by atoms with Gasteiger partial charge in [0.2, 0.25) is 6.75 Å². The molecule has 2 heterocycles. The molecule has 2 aliphatic rings. The molecule has 160 valence electrons. The van der Waals surface area contributed by atoms with Crippen LogP contribution in [0.2, 0.25) is 0 Å². The highest BCUT2D eigenvalue weighted by molar-refractivity contribution is 5.44. The normalized spacial score (nSPS) is 24.6. The second-order valence-corrected chi connectivity index (χ2v) is 7.52. The Morgan fingerprint density at radius 1 is 1.06 bits per heavy atom. The zero-order chi connectivity index (χ0) is 28.0. The number of rotatable bonds is 7. The number of piperidine rings is 1. The second kappa shape index (κ2) is 9.54. The van der Waals surface area contributed by atoms with Gasteiger partial charge in [0, 0.05) is 15.8 Å². The predicted octanol–water partition coefficient (Wildman–Crippen LogP) is 5.23. The van der Waals surface area contributed by atoms with Gasteiger partial charge in [0.25, 0.3) is 0 Å². The number of nitrogens with zero attached hydrogens (tertiary/aromatic N) is 1. The van der Waals surface area contributed by atoms with Crippen molar-refractivity contribution in [1.29, 1.82) is 0 Å². The van der Waals surface area contributed by atoms with Crippen molar-refractivity contribution >= 4 is 0 Å². The van der Waals surface area contributed by atoms with Crippen LogP contribution in [-0.4, -0.2) is 37.3 Å². The molecular formula is C27H29NO3. The fourth-order valence-corrected chi connectivity index (χ4v) is 3.77. The fourth-order valence-electron chi connectivity index (χ4n) is 3.77. The third-order valence-corrected chi connectivity index (χ3v) is 5.30. The summed E-state index contributed by atoms with van der Waals surface area (Å²) in [5.74, 6) is -0.615. The molecule has 0 unspecified atom stereocenters. The minimum absolute atomic E-state index is 0.0588. The van der Waals surface area contributed by atoms with Gasteiger partial charge in [-0.25, -0.2) is 0 Å². The van der Waals surface area contributed by atoms with Crippen LogP contribution in [-0.2, 0) is 11.2 Å². The largest absolute Gasteiger partial charge is 0.454 e. The van der Waals surface area contributed by atoms with E-state index in [1.165, 1.54) is 0 Å². The van der Waals surface area contributed by atoms with E-state index in [1.54, 1.807) is 4.90 Å². The summed E-state index contributed by atoms with van der Waals surface area (Å²) in [6, 6.07) is 17.3. The number of likely N-dealkylation sites (tertiary alicyclic amines) is 1. The lowest BCUT2D eigenvalue weighted by atomic mass is 10.00. The van der Waals surface area contributed by atoms with Crippen molar-refractivity contribution in [1.82, 2.24) is 4.90 Å². The molecule has 0 aromatic heterocycles. The van der Waals surface area contributed by atoms with E-state index in [4.69, 9.17) is 23.8 Å². The predicted molar refractivity (Wildman–Crippen MR) is 122 cm³/mol. The molecule has 1 atom stereocenters. The standard InChI is InChI=1S/C27H29NO3/c1-3-8-22(9-4-1)27(23-10-5-2-6-11-23)31-24-12-7-16-28(19-24)17-15-21-13-14-25-26(18-21)30-20-29-25/h1-6,8-11,13-14,18,24,27H,7,12,15-17,19-20H2/t24-/m1/s1/i13D,14D,17D2,18D,20D2,27D. The Morgan fingerprint density at radius 3 is 2.52 bits per heavy atom. The summed E-state index contributed by atoms with van der Waals surface area (Å²) in [7, 11) is 0. The molecule has 5 rings (SSSR count). The molecule has 3 aromatic carbocycles. The van der Waals surface area contributed by atoms with Gasteiger partial charge in [0.1, 0.15) is 8.82 Å². The Balaban J connectivity index is 1.39. The van der Waals surface area contributed by atoms with Crippen LogP contribution in [0.3, 0.4) is 0 Å². The SMILES string of the molecule is [2H]c1c([2H])c2c(c([2H])c1CC([2H])([2H])N1CCC[C@@H](OC([2H])(c3ccccc3)c3ccccc3)C1)OC([2H])([2H])O2. The second-order valence-electron chi connectivity index (χ2n) is 7.52. The van der Waals surface area contributed by atoms with Gasteiger partial charge < -0.3 is 19.1 Å². The molecule has 0 aliphatic carbocycles. The van der Waals surface area contributed by atoms with Crippen LogP contribution in [0.25, 0.3) is 0 Å². The van der Waals surface area contributed by atoms with E-state index < -0.39 is 37.5 Å². The van der Waals surface area contributed by atoms with Crippen molar-refractivity contribution in [3.05, 3.63) is 95.5 Å². The number of benzene rings is 3. The van der Waals surface area contributed by atoms with Crippen molar-refractivity contribution in [2.45, 2.75) is 31.4 Å². The Kier molecular flexibility index (Phi) is 3.97. The van der Waals surface area contributed by atoms with E-state index in [0.717, 1.165) is 0 Å². The van der Waals surface area contributed by atoms with Crippen LogP contribution in [0, 0.1) is 0 Å². The summed E-state index contributed by atoms with van der Waals surface area (Å²) in [6.07, 6.45) is -1.09. The lowest BCUT2D eigenvalue weighted by molar-refractivity contribution is -0.0330. The number of fused-ring (bicyclic) bond motifs is 1. The van der Waals surface area contributed by atoms with Crippen LogP contribution in [0.1, 0.15) is 46.6 Å². The summed E-state index contributed by atoms with van der Waals surface area (Å²) in [5, 5.41) is 0. The van der Waals surface area contributed by atoms with Gasteiger partial charge in [-0.15, -0.1) is 0 Å². The lowest BCUT2D eigenvalue weighted by Gasteiger charge is -2.35. The van der Waals surface area contributed by atoms with Crippen LogP contribution < -0.4 is 9.47 Å². The van der Waals surface area contributed by atoms with E-state index in [9.17, 15) is 1.37 Å². The molecule has 3 aromatic rings. The third-order valence-electron chi connectivity index (χ3n) is 5.30. The van der Waals surface area contributed by atoms with Gasteiger partial charge in [-0.2, -0.15) is 0 Å². The van der Waals surface area contributed by atoms with E-state index in [-0.39, 0.29) is 36.1 Å². The van der Waals surface area contributed by atoms with Crippen molar-refractivity contribution in [3.63, 3.8) is 0 Å². The molecule has 0 amide bonds. The summed E-state index contributed by atoms with van der Waals surface area (Å²) in [4.78, 5) is 1.59. The van der Waals surface area contributed by atoms with Gasteiger partial charge >= 0.3 is 0 Å². The van der Waals surface area contributed by atoms with Crippen LogP contribution in [0.5, 0.6) is 11.5 Å². The first kappa shape index (κ1) is 12.9. The topological polar surface area (TPSA) is 30.9 Å². The first-order valence-electron chi connectivity index (χ1n) is 14.5. The number of ether oxygens (including phenoxy) is 3. The van der Waals surface area contributed by atoms with E-state index in [2.05, 4.69) is 0 Å². The minimum Gasteiger partial charge on any atom is -0.454 e. The van der Waals surface area contributed by atoms with Crippen molar-refractivity contribution in [2.24, 2.45) is 0 Å². The van der Waals surface area contributed by atoms with E-state index in [1.807, 2.05) is 60.7 Å². The highest BCUT2D eigenvalue weighted by Crippen LogP contribution is 2.33. The molecule has 1 fully saturated rings. The average Bonchev–Trinajstić information content (AvgIpc) is 3.26. The first-order valence-corrected chi connectivity index (χ1v) is 10.5. The fraction of sp³-hybridized carbons (Fsp3) is 0.333. The maximum Gasteiger partial charge on any atom is 0.231 e. The molecule has 0 N–H and O–H groups in total. The maximum absolute atomic E-state index is 9.36. The maximum atomic E-state index is 9.36. The van der Waals surface area contributed by atoms with E-state index >= 15 is 0 Å². The lowest BCUT2D eigenvalue weighted by Crippen LogP contribution is -2.41. The van der Waals surface area contributed by atoms with Crippen molar-refractivity contribution < 1.29 is 25.2 Å². The molecule has 0 spiro atoms. The molecular weight excluding hydrogens is 386 g/mol. The van der Waals surface area contributed by atoms with Crippen molar-refractivity contribution in [2.75, 3.05) is 26.3 Å². The molecule has 31 heavy (non-hydrogen) atoms. The van der Waals surface area contributed by atoms with Gasteiger partial charge in [0.05, 0.1) is 11.6 Å². The highest BCUT2D eigenvalue weighted by atomic mass is 16.7. The zero-order valence-electron chi connectivity index (χ0n) is 25.1. The number of hydrogen-bond acceptors (Lipinski definition) is 4. The van der Waals surface area contributed by atoms with Crippen molar-refractivity contribution in [3.8, 4) is 11.5 Å². The minimum atomic E-state index is -2.56. The van der Waals surface area contributed by atoms with Gasteiger partial charge in [0.15, 0.2) is 11.5 Å². The molecule has 4 nitrogen and oxygen atoms in total. The molecule has 0 radical (unpaired) electrons. The number of hydrogen-bond donors (Lipinski definition) is 0. The van der Waals surface area contributed by atoms with E-state index in [0.29, 0.717) is 30.5 Å².